The van der Waals surface area contributed by atoms with Gasteiger partial charge in [0.2, 0.25) is 10.0 Å². The second kappa shape index (κ2) is 8.01. The number of anilines is 1. The molecule has 8 heteroatoms. The van der Waals surface area contributed by atoms with E-state index < -0.39 is 26.7 Å². The minimum absolute atomic E-state index is 0.238. The molecular weight excluding hydrogens is 329 g/mol. The Kier molecular flexibility index (Phi) is 6.88. The van der Waals surface area contributed by atoms with E-state index >= 15 is 0 Å². The zero-order chi connectivity index (χ0) is 17.7. The normalized spacial score (nSPS) is 12.7. The molecule has 1 aromatic carbocycles. The fraction of sp³-hybridized carbons (Fsp3) is 0.600. The maximum atomic E-state index is 13.1. The van der Waals surface area contributed by atoms with Crippen LogP contribution in [0, 0.1) is 5.92 Å². The molecule has 0 atom stereocenters. The first kappa shape index (κ1) is 19.8. The molecule has 0 aliphatic rings. The van der Waals surface area contributed by atoms with E-state index in [1.807, 2.05) is 0 Å². The standard InChI is InChI=1S/C15H23F3N2O2S/c1-3-5-11(6-4-2)10-20-12-7-8-14(23(19,21)22)13(9-12)15(16,17)18/h7-9,11,20H,3-6,10H2,1-2H3,(H2,19,21,22). The molecule has 0 unspecified atom stereocenters. The number of rotatable bonds is 8. The van der Waals surface area contributed by atoms with Gasteiger partial charge in [-0.3, -0.25) is 0 Å². The third-order valence-electron chi connectivity index (χ3n) is 3.58. The van der Waals surface area contributed by atoms with Crippen LogP contribution in [0.2, 0.25) is 0 Å². The van der Waals surface area contributed by atoms with Crippen LogP contribution in [0.15, 0.2) is 23.1 Å². The number of hydrogen-bond acceptors (Lipinski definition) is 3. The van der Waals surface area contributed by atoms with Crippen molar-refractivity contribution in [1.82, 2.24) is 0 Å². The third-order valence-corrected chi connectivity index (χ3v) is 4.55. The fourth-order valence-electron chi connectivity index (χ4n) is 2.54. The maximum absolute atomic E-state index is 13.1. The van der Waals surface area contributed by atoms with E-state index in [4.69, 9.17) is 5.14 Å². The maximum Gasteiger partial charge on any atom is 0.417 e. The van der Waals surface area contributed by atoms with Crippen molar-refractivity contribution in [3.8, 4) is 0 Å². The lowest BCUT2D eigenvalue weighted by atomic mass is 9.98. The predicted octanol–water partition coefficient (Wildman–Crippen LogP) is 3.98. The minimum Gasteiger partial charge on any atom is -0.385 e. The largest absolute Gasteiger partial charge is 0.417 e. The van der Waals surface area contributed by atoms with Gasteiger partial charge >= 0.3 is 6.18 Å². The van der Waals surface area contributed by atoms with Crippen LogP contribution in [-0.4, -0.2) is 15.0 Å². The number of alkyl halides is 3. The Morgan fingerprint density at radius 2 is 1.74 bits per heavy atom. The number of halogens is 3. The number of sulfonamides is 1. The number of primary sulfonamides is 1. The van der Waals surface area contributed by atoms with Gasteiger partial charge < -0.3 is 5.32 Å². The molecule has 0 aromatic heterocycles. The van der Waals surface area contributed by atoms with E-state index in [-0.39, 0.29) is 5.69 Å². The first-order chi connectivity index (χ1) is 10.6. The first-order valence-corrected chi connectivity index (χ1v) is 9.12. The van der Waals surface area contributed by atoms with E-state index in [9.17, 15) is 21.6 Å². The molecule has 0 heterocycles. The molecule has 0 saturated heterocycles. The Labute approximate surface area is 135 Å². The second-order valence-corrected chi connectivity index (χ2v) is 7.11. The minimum atomic E-state index is -4.79. The molecule has 23 heavy (non-hydrogen) atoms. The summed E-state index contributed by atoms with van der Waals surface area (Å²) in [5.74, 6) is 0.372. The highest BCUT2D eigenvalue weighted by atomic mass is 32.2. The SMILES string of the molecule is CCCC(CCC)CNc1ccc(S(N)(=O)=O)c(C(F)(F)F)c1. The highest BCUT2D eigenvalue weighted by Gasteiger charge is 2.36. The van der Waals surface area contributed by atoms with Gasteiger partial charge in [-0.2, -0.15) is 13.2 Å². The van der Waals surface area contributed by atoms with Gasteiger partial charge in [-0.05, 0) is 37.0 Å². The Morgan fingerprint density at radius 3 is 2.17 bits per heavy atom. The summed E-state index contributed by atoms with van der Waals surface area (Å²) < 4.78 is 61.8. The van der Waals surface area contributed by atoms with Crippen LogP contribution < -0.4 is 10.5 Å². The topological polar surface area (TPSA) is 72.2 Å². The summed E-state index contributed by atoms with van der Waals surface area (Å²) in [6, 6.07) is 3.01. The van der Waals surface area contributed by atoms with Crippen molar-refractivity contribution in [3.63, 3.8) is 0 Å². The lowest BCUT2D eigenvalue weighted by molar-refractivity contribution is -0.139. The van der Waals surface area contributed by atoms with Gasteiger partial charge in [0.05, 0.1) is 10.5 Å². The number of benzene rings is 1. The molecule has 0 spiro atoms. The zero-order valence-corrected chi connectivity index (χ0v) is 14.1. The number of hydrogen-bond donors (Lipinski definition) is 2. The molecule has 0 radical (unpaired) electrons. The Hall–Kier alpha value is -1.28. The van der Waals surface area contributed by atoms with Crippen molar-refractivity contribution in [3.05, 3.63) is 23.8 Å². The quantitative estimate of drug-likeness (QED) is 0.743. The van der Waals surface area contributed by atoms with Crippen LogP contribution >= 0.6 is 0 Å². The van der Waals surface area contributed by atoms with Gasteiger partial charge in [-0.25, -0.2) is 13.6 Å². The monoisotopic (exact) mass is 352 g/mol. The summed E-state index contributed by atoms with van der Waals surface area (Å²) in [5, 5.41) is 7.83. The summed E-state index contributed by atoms with van der Waals surface area (Å²) >= 11 is 0. The Morgan fingerprint density at radius 1 is 1.17 bits per heavy atom. The summed E-state index contributed by atoms with van der Waals surface area (Å²) in [7, 11) is -4.43. The van der Waals surface area contributed by atoms with Gasteiger partial charge in [-0.1, -0.05) is 26.7 Å². The molecule has 0 bridgehead atoms. The highest BCUT2D eigenvalue weighted by molar-refractivity contribution is 7.89. The average Bonchev–Trinajstić information content (AvgIpc) is 2.43. The molecular formula is C15H23F3N2O2S. The van der Waals surface area contributed by atoms with Crippen molar-refractivity contribution in [2.75, 3.05) is 11.9 Å². The molecule has 1 aromatic rings. The molecule has 0 amide bonds. The van der Waals surface area contributed by atoms with E-state index in [1.54, 1.807) is 0 Å². The second-order valence-electron chi connectivity index (χ2n) is 5.58. The third kappa shape index (κ3) is 6.02. The zero-order valence-electron chi connectivity index (χ0n) is 13.3. The number of nitrogens with one attached hydrogen (secondary N) is 1. The van der Waals surface area contributed by atoms with Crippen molar-refractivity contribution >= 4 is 15.7 Å². The fourth-order valence-corrected chi connectivity index (χ4v) is 3.28. The van der Waals surface area contributed by atoms with Gasteiger partial charge in [0, 0.05) is 12.2 Å². The van der Waals surface area contributed by atoms with Gasteiger partial charge in [0.1, 0.15) is 0 Å². The lowest BCUT2D eigenvalue weighted by Crippen LogP contribution is -2.20. The summed E-state index contributed by atoms with van der Waals surface area (Å²) in [6.45, 7) is 4.67. The van der Waals surface area contributed by atoms with E-state index in [0.29, 0.717) is 12.5 Å². The van der Waals surface area contributed by atoms with Crippen LogP contribution in [0.1, 0.15) is 45.1 Å². The highest BCUT2D eigenvalue weighted by Crippen LogP contribution is 2.35. The molecule has 0 aliphatic heterocycles. The Balaban J connectivity index is 3.02. The van der Waals surface area contributed by atoms with Crippen molar-refractivity contribution in [1.29, 1.82) is 0 Å². The molecule has 4 nitrogen and oxygen atoms in total. The van der Waals surface area contributed by atoms with E-state index in [2.05, 4.69) is 19.2 Å². The van der Waals surface area contributed by atoms with Crippen LogP contribution in [0.25, 0.3) is 0 Å². The molecule has 3 N–H and O–H groups in total. The van der Waals surface area contributed by atoms with Crippen LogP contribution in [0.5, 0.6) is 0 Å². The van der Waals surface area contributed by atoms with Crippen LogP contribution in [0.4, 0.5) is 18.9 Å². The number of nitrogens with two attached hydrogens (primary N) is 1. The molecule has 0 fully saturated rings. The summed E-state index contributed by atoms with van der Waals surface area (Å²) in [6.07, 6.45) is -0.800. The van der Waals surface area contributed by atoms with Crippen molar-refractivity contribution in [2.24, 2.45) is 11.1 Å². The van der Waals surface area contributed by atoms with Crippen molar-refractivity contribution < 1.29 is 21.6 Å². The van der Waals surface area contributed by atoms with E-state index in [1.165, 1.54) is 6.07 Å². The predicted molar refractivity (Wildman–Crippen MR) is 84.6 cm³/mol. The molecule has 0 aliphatic carbocycles. The molecule has 1 rings (SSSR count). The van der Waals surface area contributed by atoms with E-state index in [0.717, 1.165) is 37.8 Å². The molecule has 0 saturated carbocycles. The van der Waals surface area contributed by atoms with Crippen LogP contribution in [-0.2, 0) is 16.2 Å². The van der Waals surface area contributed by atoms with Gasteiger partial charge in [0.25, 0.3) is 0 Å². The van der Waals surface area contributed by atoms with Crippen molar-refractivity contribution in [2.45, 2.75) is 50.6 Å². The average molecular weight is 352 g/mol. The summed E-state index contributed by atoms with van der Waals surface area (Å²) in [5.41, 5.74) is -1.01. The lowest BCUT2D eigenvalue weighted by Gasteiger charge is -2.18. The van der Waals surface area contributed by atoms with Gasteiger partial charge in [-0.15, -0.1) is 0 Å². The first-order valence-electron chi connectivity index (χ1n) is 7.57. The van der Waals surface area contributed by atoms with Gasteiger partial charge in [0.15, 0.2) is 0 Å². The molecule has 132 valence electrons. The Bertz CT molecular complexity index is 610. The summed E-state index contributed by atoms with van der Waals surface area (Å²) in [4.78, 5) is -0.908. The van der Waals surface area contributed by atoms with Crippen LogP contribution in [0.3, 0.4) is 0 Å². The smallest absolute Gasteiger partial charge is 0.385 e.